The van der Waals surface area contributed by atoms with Crippen LogP contribution in [0.3, 0.4) is 0 Å². The van der Waals surface area contributed by atoms with Crippen molar-refractivity contribution in [1.82, 2.24) is 5.32 Å². The van der Waals surface area contributed by atoms with Gasteiger partial charge in [-0.05, 0) is 36.5 Å². The summed E-state index contributed by atoms with van der Waals surface area (Å²) < 4.78 is 0. The Morgan fingerprint density at radius 3 is 3.00 bits per heavy atom. The summed E-state index contributed by atoms with van der Waals surface area (Å²) >= 11 is 1.50. The van der Waals surface area contributed by atoms with Crippen LogP contribution in [-0.2, 0) is 18.6 Å². The van der Waals surface area contributed by atoms with E-state index in [0.717, 1.165) is 29.7 Å². The molecule has 1 heterocycles. The summed E-state index contributed by atoms with van der Waals surface area (Å²) in [5, 5.41) is 16.0. The van der Waals surface area contributed by atoms with Gasteiger partial charge in [-0.15, -0.1) is 11.3 Å². The van der Waals surface area contributed by atoms with Crippen molar-refractivity contribution in [3.05, 3.63) is 57.3 Å². The summed E-state index contributed by atoms with van der Waals surface area (Å²) in [5.41, 5.74) is 7.27. The molecule has 1 aliphatic rings. The Morgan fingerprint density at radius 2 is 2.23 bits per heavy atom. The average molecular weight is 316 g/mol. The predicted octanol–water partition coefficient (Wildman–Crippen LogP) is 2.16. The number of nitrogens with two attached hydrogens (primary N) is 1. The molecule has 5 heteroatoms. The standard InChI is InChI=1S/C17H20N2O2S/c18-16(20)13-8-14(22-10-13)9-19-11-17(21)7-3-5-12-4-1-2-6-15(12)17/h1-2,4,6,8,10,19,21H,3,5,7,9,11H2,(H2,18,20). The van der Waals surface area contributed by atoms with E-state index >= 15 is 0 Å². The number of carbonyl (C=O) groups excluding carboxylic acids is 1. The molecule has 1 aromatic carbocycles. The zero-order valence-electron chi connectivity index (χ0n) is 12.3. The molecular weight excluding hydrogens is 296 g/mol. The van der Waals surface area contributed by atoms with Crippen molar-refractivity contribution in [2.45, 2.75) is 31.4 Å². The van der Waals surface area contributed by atoms with Gasteiger partial charge in [0.1, 0.15) is 5.60 Å². The monoisotopic (exact) mass is 316 g/mol. The van der Waals surface area contributed by atoms with Crippen LogP contribution in [0.5, 0.6) is 0 Å². The van der Waals surface area contributed by atoms with E-state index in [1.807, 2.05) is 18.2 Å². The first-order chi connectivity index (χ1) is 10.6. The van der Waals surface area contributed by atoms with Gasteiger partial charge < -0.3 is 16.2 Å². The van der Waals surface area contributed by atoms with E-state index in [4.69, 9.17) is 5.73 Å². The predicted molar refractivity (Wildman–Crippen MR) is 87.8 cm³/mol. The zero-order valence-corrected chi connectivity index (χ0v) is 13.2. The molecule has 1 atom stereocenters. The summed E-state index contributed by atoms with van der Waals surface area (Å²) in [7, 11) is 0. The first kappa shape index (κ1) is 15.2. The van der Waals surface area contributed by atoms with E-state index in [1.54, 1.807) is 11.4 Å². The molecule has 1 aromatic heterocycles. The lowest BCUT2D eigenvalue weighted by molar-refractivity contribution is 0.0190. The SMILES string of the molecule is NC(=O)c1csc(CNCC2(O)CCCc3ccccc32)c1. The molecule has 1 unspecified atom stereocenters. The molecule has 0 aliphatic heterocycles. The highest BCUT2D eigenvalue weighted by Gasteiger charge is 2.33. The van der Waals surface area contributed by atoms with Gasteiger partial charge in [0.15, 0.2) is 0 Å². The van der Waals surface area contributed by atoms with E-state index in [1.165, 1.54) is 16.9 Å². The number of hydrogen-bond donors (Lipinski definition) is 3. The minimum Gasteiger partial charge on any atom is -0.384 e. The molecule has 0 radical (unpaired) electrons. The second-order valence-electron chi connectivity index (χ2n) is 5.81. The van der Waals surface area contributed by atoms with E-state index in [0.29, 0.717) is 18.7 Å². The van der Waals surface area contributed by atoms with Gasteiger partial charge in [0.25, 0.3) is 0 Å². The molecule has 4 nitrogen and oxygen atoms in total. The highest BCUT2D eigenvalue weighted by atomic mass is 32.1. The van der Waals surface area contributed by atoms with Crippen LogP contribution < -0.4 is 11.1 Å². The highest BCUT2D eigenvalue weighted by molar-refractivity contribution is 7.10. The van der Waals surface area contributed by atoms with E-state index < -0.39 is 11.5 Å². The molecule has 116 valence electrons. The van der Waals surface area contributed by atoms with Crippen molar-refractivity contribution < 1.29 is 9.90 Å². The number of aliphatic hydroxyl groups is 1. The van der Waals surface area contributed by atoms with Gasteiger partial charge in [-0.25, -0.2) is 0 Å². The maximum atomic E-state index is 11.1. The van der Waals surface area contributed by atoms with Gasteiger partial charge in [0.2, 0.25) is 5.91 Å². The largest absolute Gasteiger partial charge is 0.384 e. The second kappa shape index (κ2) is 6.20. The van der Waals surface area contributed by atoms with Gasteiger partial charge in [-0.3, -0.25) is 4.79 Å². The number of fused-ring (bicyclic) bond motifs is 1. The van der Waals surface area contributed by atoms with Crippen molar-refractivity contribution in [2.24, 2.45) is 5.73 Å². The molecule has 0 bridgehead atoms. The summed E-state index contributed by atoms with van der Waals surface area (Å²) in [6, 6.07) is 9.92. The summed E-state index contributed by atoms with van der Waals surface area (Å²) in [6.07, 6.45) is 2.80. The van der Waals surface area contributed by atoms with Gasteiger partial charge in [-0.1, -0.05) is 24.3 Å². The van der Waals surface area contributed by atoms with E-state index in [2.05, 4.69) is 11.4 Å². The molecule has 1 aliphatic carbocycles. The molecule has 0 saturated heterocycles. The fourth-order valence-corrected chi connectivity index (χ4v) is 3.92. The second-order valence-corrected chi connectivity index (χ2v) is 6.81. The number of rotatable bonds is 5. The number of amides is 1. The van der Waals surface area contributed by atoms with Gasteiger partial charge in [0.05, 0.1) is 5.56 Å². The minimum absolute atomic E-state index is 0.401. The van der Waals surface area contributed by atoms with Crippen LogP contribution in [0.2, 0.25) is 0 Å². The Hall–Kier alpha value is -1.69. The molecule has 4 N–H and O–H groups in total. The maximum Gasteiger partial charge on any atom is 0.249 e. The Morgan fingerprint density at radius 1 is 1.41 bits per heavy atom. The lowest BCUT2D eigenvalue weighted by atomic mass is 9.79. The van der Waals surface area contributed by atoms with Crippen molar-refractivity contribution in [3.63, 3.8) is 0 Å². The lowest BCUT2D eigenvalue weighted by Gasteiger charge is -2.34. The fraction of sp³-hybridized carbons (Fsp3) is 0.353. The third kappa shape index (κ3) is 3.06. The van der Waals surface area contributed by atoms with Gasteiger partial charge >= 0.3 is 0 Å². The summed E-state index contributed by atoms with van der Waals surface area (Å²) in [5.74, 6) is -0.401. The molecule has 2 aromatic rings. The van der Waals surface area contributed by atoms with Crippen LogP contribution in [0.4, 0.5) is 0 Å². The van der Waals surface area contributed by atoms with Crippen LogP contribution in [0.25, 0.3) is 0 Å². The number of benzene rings is 1. The van der Waals surface area contributed by atoms with Crippen LogP contribution in [0, 0.1) is 0 Å². The number of aryl methyl sites for hydroxylation is 1. The summed E-state index contributed by atoms with van der Waals surface area (Å²) in [6.45, 7) is 1.14. The molecule has 3 rings (SSSR count). The number of primary amides is 1. The first-order valence-electron chi connectivity index (χ1n) is 7.47. The smallest absolute Gasteiger partial charge is 0.249 e. The zero-order chi connectivity index (χ0) is 15.6. The summed E-state index contributed by atoms with van der Waals surface area (Å²) in [4.78, 5) is 12.1. The Labute approximate surface area is 134 Å². The normalized spacial score (nSPS) is 20.6. The Kier molecular flexibility index (Phi) is 4.29. The molecular formula is C17H20N2O2S. The van der Waals surface area contributed by atoms with E-state index in [9.17, 15) is 9.90 Å². The minimum atomic E-state index is -0.807. The van der Waals surface area contributed by atoms with E-state index in [-0.39, 0.29) is 0 Å². The number of hydrogen-bond acceptors (Lipinski definition) is 4. The third-order valence-corrected chi connectivity index (χ3v) is 5.15. The van der Waals surface area contributed by atoms with Gasteiger partial charge in [-0.2, -0.15) is 0 Å². The fourth-order valence-electron chi connectivity index (χ4n) is 3.08. The number of thiophene rings is 1. The quantitative estimate of drug-likeness (QED) is 0.791. The highest BCUT2D eigenvalue weighted by Crippen LogP contribution is 2.34. The molecule has 22 heavy (non-hydrogen) atoms. The molecule has 1 amide bonds. The lowest BCUT2D eigenvalue weighted by Crippen LogP contribution is -2.40. The Bertz CT molecular complexity index is 683. The molecule has 0 saturated carbocycles. The molecule has 0 fully saturated rings. The molecule has 0 spiro atoms. The number of carbonyl (C=O) groups is 1. The van der Waals surface area contributed by atoms with Crippen molar-refractivity contribution in [1.29, 1.82) is 0 Å². The van der Waals surface area contributed by atoms with Crippen molar-refractivity contribution in [2.75, 3.05) is 6.54 Å². The van der Waals surface area contributed by atoms with Crippen LogP contribution in [0.15, 0.2) is 35.7 Å². The third-order valence-electron chi connectivity index (χ3n) is 4.21. The van der Waals surface area contributed by atoms with Gasteiger partial charge in [0, 0.05) is 23.3 Å². The van der Waals surface area contributed by atoms with Crippen molar-refractivity contribution in [3.8, 4) is 0 Å². The van der Waals surface area contributed by atoms with Crippen LogP contribution in [-0.4, -0.2) is 17.6 Å². The maximum absolute atomic E-state index is 11.1. The van der Waals surface area contributed by atoms with Crippen LogP contribution >= 0.6 is 11.3 Å². The first-order valence-corrected chi connectivity index (χ1v) is 8.35. The topological polar surface area (TPSA) is 75.4 Å². The average Bonchev–Trinajstić information content (AvgIpc) is 2.97. The van der Waals surface area contributed by atoms with Crippen LogP contribution in [0.1, 0.15) is 39.2 Å². The van der Waals surface area contributed by atoms with Crippen molar-refractivity contribution >= 4 is 17.2 Å². The number of nitrogens with one attached hydrogen (secondary N) is 1. The Balaban J connectivity index is 1.65.